The monoisotopic (exact) mass is 287 g/mol. The molecule has 0 radical (unpaired) electrons. The molecule has 3 rings (SSSR count). The lowest BCUT2D eigenvalue weighted by Crippen LogP contribution is -2.57. The van der Waals surface area contributed by atoms with Crippen LogP contribution < -0.4 is 10.1 Å². The Morgan fingerprint density at radius 1 is 1.15 bits per heavy atom. The van der Waals surface area contributed by atoms with Crippen LogP contribution in [0.3, 0.4) is 0 Å². The first-order chi connectivity index (χ1) is 9.36. The number of piperidine rings is 1. The summed E-state index contributed by atoms with van der Waals surface area (Å²) < 4.78 is 46.1. The fourth-order valence-electron chi connectivity index (χ4n) is 3.14. The van der Waals surface area contributed by atoms with Crippen molar-refractivity contribution in [3.8, 4) is 5.75 Å². The molecule has 1 saturated heterocycles. The zero-order chi connectivity index (χ0) is 14.4. The highest BCUT2D eigenvalue weighted by Crippen LogP contribution is 2.53. The smallest absolute Gasteiger partial charge is 0.421 e. The van der Waals surface area contributed by atoms with Crippen molar-refractivity contribution in [2.75, 3.05) is 13.1 Å². The highest BCUT2D eigenvalue weighted by atomic mass is 19.4. The van der Waals surface area contributed by atoms with E-state index in [1.165, 1.54) is 18.2 Å². The predicted molar refractivity (Wildman–Crippen MR) is 66.5 cm³/mol. The summed E-state index contributed by atoms with van der Waals surface area (Å²) in [5, 5.41) is 13.5. The van der Waals surface area contributed by atoms with E-state index in [0.717, 1.165) is 0 Å². The molecule has 2 N–H and O–H groups in total. The number of ether oxygens (including phenoxy) is 1. The molecular formula is C14H16F3NO2. The molecule has 1 unspecified atom stereocenters. The maximum Gasteiger partial charge on any atom is 0.421 e. The highest BCUT2D eigenvalue weighted by molar-refractivity contribution is 5.42. The summed E-state index contributed by atoms with van der Waals surface area (Å²) in [4.78, 5) is 0. The van der Waals surface area contributed by atoms with E-state index in [2.05, 4.69) is 5.32 Å². The number of para-hydroxylation sites is 1. The van der Waals surface area contributed by atoms with Crippen molar-refractivity contribution in [1.29, 1.82) is 0 Å². The molecule has 2 heterocycles. The quantitative estimate of drug-likeness (QED) is 0.769. The van der Waals surface area contributed by atoms with Crippen molar-refractivity contribution >= 4 is 0 Å². The van der Waals surface area contributed by atoms with Gasteiger partial charge in [0.25, 0.3) is 0 Å². The van der Waals surface area contributed by atoms with Crippen LogP contribution in [-0.2, 0) is 5.60 Å². The van der Waals surface area contributed by atoms with Gasteiger partial charge in [0.05, 0.1) is 0 Å². The van der Waals surface area contributed by atoms with E-state index in [1.54, 1.807) is 6.07 Å². The van der Waals surface area contributed by atoms with E-state index < -0.39 is 23.8 Å². The number of nitrogens with one attached hydrogen (secondary N) is 1. The molecule has 1 aromatic rings. The third-order valence-corrected chi connectivity index (χ3v) is 4.22. The first-order valence-electron chi connectivity index (χ1n) is 6.65. The molecule has 2 aliphatic rings. The zero-order valence-corrected chi connectivity index (χ0v) is 10.8. The number of benzene rings is 1. The summed E-state index contributed by atoms with van der Waals surface area (Å²) in [5.41, 5.74) is -3.96. The molecule has 0 saturated carbocycles. The Balaban J connectivity index is 2.10. The highest BCUT2D eigenvalue weighted by Gasteiger charge is 2.62. The van der Waals surface area contributed by atoms with Crippen molar-refractivity contribution in [2.45, 2.75) is 36.6 Å². The largest absolute Gasteiger partial charge is 0.487 e. The van der Waals surface area contributed by atoms with E-state index in [1.807, 2.05) is 0 Å². The van der Waals surface area contributed by atoms with Crippen molar-refractivity contribution < 1.29 is 23.0 Å². The molecule has 20 heavy (non-hydrogen) atoms. The number of halogens is 3. The molecule has 0 aliphatic carbocycles. The van der Waals surface area contributed by atoms with E-state index in [-0.39, 0.29) is 11.3 Å². The van der Waals surface area contributed by atoms with Gasteiger partial charge in [0.15, 0.2) is 5.60 Å². The Labute approximate surface area is 114 Å². The average Bonchev–Trinajstić information content (AvgIpc) is 2.38. The molecule has 2 aliphatic heterocycles. The second-order valence-corrected chi connectivity index (χ2v) is 5.57. The number of rotatable bonds is 0. The van der Waals surface area contributed by atoms with E-state index in [0.29, 0.717) is 25.9 Å². The Morgan fingerprint density at radius 2 is 1.80 bits per heavy atom. The predicted octanol–water partition coefficient (Wildman–Crippen LogP) is 2.34. The lowest BCUT2D eigenvalue weighted by Gasteiger charge is -2.48. The first kappa shape index (κ1) is 13.7. The zero-order valence-electron chi connectivity index (χ0n) is 10.8. The van der Waals surface area contributed by atoms with Gasteiger partial charge in [-0.1, -0.05) is 18.2 Å². The van der Waals surface area contributed by atoms with Gasteiger partial charge in [-0.3, -0.25) is 0 Å². The normalized spacial score (nSPS) is 28.8. The minimum absolute atomic E-state index is 0.139. The van der Waals surface area contributed by atoms with Crippen LogP contribution in [0.15, 0.2) is 24.3 Å². The van der Waals surface area contributed by atoms with Gasteiger partial charge in [-0.05, 0) is 32.0 Å². The van der Waals surface area contributed by atoms with Crippen LogP contribution in [0.1, 0.15) is 24.8 Å². The molecule has 1 spiro atoms. The lowest BCUT2D eigenvalue weighted by atomic mass is 9.74. The van der Waals surface area contributed by atoms with Crippen molar-refractivity contribution in [3.63, 3.8) is 0 Å². The Kier molecular flexibility index (Phi) is 2.99. The number of fused-ring (bicyclic) bond motifs is 1. The van der Waals surface area contributed by atoms with E-state index >= 15 is 0 Å². The summed E-state index contributed by atoms with van der Waals surface area (Å²) in [6.07, 6.45) is -4.24. The standard InChI is InChI=1S/C14H16F3NO2/c15-14(16,17)13(19)9-12(5-7-18-8-6-12)20-11-4-2-1-3-10(11)13/h1-4,18-19H,5-9H2. The lowest BCUT2D eigenvalue weighted by molar-refractivity contribution is -0.288. The topological polar surface area (TPSA) is 41.5 Å². The maximum atomic E-state index is 13.4. The number of aliphatic hydroxyl groups is 1. The van der Waals surface area contributed by atoms with Gasteiger partial charge in [-0.2, -0.15) is 13.2 Å². The summed E-state index contributed by atoms with van der Waals surface area (Å²) in [6.45, 7) is 1.19. The summed E-state index contributed by atoms with van der Waals surface area (Å²) >= 11 is 0. The molecule has 0 amide bonds. The Bertz CT molecular complexity index is 511. The summed E-state index contributed by atoms with van der Waals surface area (Å²) in [7, 11) is 0. The number of hydrogen-bond donors (Lipinski definition) is 2. The van der Waals surface area contributed by atoms with Gasteiger partial charge in [0, 0.05) is 12.0 Å². The SMILES string of the molecule is OC1(C(F)(F)F)CC2(CCNCC2)Oc2ccccc21. The van der Waals surface area contributed by atoms with Crippen LogP contribution in [0.5, 0.6) is 5.75 Å². The van der Waals surface area contributed by atoms with Crippen LogP contribution in [0.25, 0.3) is 0 Å². The summed E-state index contributed by atoms with van der Waals surface area (Å²) in [6, 6.07) is 5.89. The van der Waals surface area contributed by atoms with Crippen LogP contribution in [0.4, 0.5) is 13.2 Å². The molecule has 1 atom stereocenters. The third kappa shape index (κ3) is 1.98. The fraction of sp³-hybridized carbons (Fsp3) is 0.571. The van der Waals surface area contributed by atoms with Crippen molar-refractivity contribution in [3.05, 3.63) is 29.8 Å². The van der Waals surface area contributed by atoms with Gasteiger partial charge < -0.3 is 15.2 Å². The van der Waals surface area contributed by atoms with Crippen LogP contribution in [0.2, 0.25) is 0 Å². The van der Waals surface area contributed by atoms with Crippen molar-refractivity contribution in [1.82, 2.24) is 5.32 Å². The van der Waals surface area contributed by atoms with Gasteiger partial charge in [-0.25, -0.2) is 0 Å². The maximum absolute atomic E-state index is 13.4. The van der Waals surface area contributed by atoms with Gasteiger partial charge in [0.2, 0.25) is 0 Å². The molecule has 1 fully saturated rings. The molecule has 0 aromatic heterocycles. The fourth-order valence-corrected chi connectivity index (χ4v) is 3.14. The Hall–Kier alpha value is -1.27. The van der Waals surface area contributed by atoms with Crippen LogP contribution in [0, 0.1) is 0 Å². The average molecular weight is 287 g/mol. The van der Waals surface area contributed by atoms with Gasteiger partial charge in [0.1, 0.15) is 11.4 Å². The molecule has 0 bridgehead atoms. The van der Waals surface area contributed by atoms with Gasteiger partial charge >= 0.3 is 6.18 Å². The number of hydrogen-bond acceptors (Lipinski definition) is 3. The van der Waals surface area contributed by atoms with Crippen LogP contribution >= 0.6 is 0 Å². The second-order valence-electron chi connectivity index (χ2n) is 5.57. The minimum atomic E-state index is -4.72. The molecule has 110 valence electrons. The Morgan fingerprint density at radius 3 is 2.45 bits per heavy atom. The molecule has 3 nitrogen and oxygen atoms in total. The first-order valence-corrected chi connectivity index (χ1v) is 6.65. The molecule has 1 aromatic carbocycles. The van der Waals surface area contributed by atoms with E-state index in [4.69, 9.17) is 4.74 Å². The third-order valence-electron chi connectivity index (χ3n) is 4.22. The van der Waals surface area contributed by atoms with Crippen LogP contribution in [-0.4, -0.2) is 30.0 Å². The summed E-state index contributed by atoms with van der Waals surface area (Å²) in [5.74, 6) is 0.139. The van der Waals surface area contributed by atoms with Gasteiger partial charge in [-0.15, -0.1) is 0 Å². The van der Waals surface area contributed by atoms with E-state index in [9.17, 15) is 18.3 Å². The minimum Gasteiger partial charge on any atom is -0.487 e. The second kappa shape index (κ2) is 4.36. The van der Waals surface area contributed by atoms with Crippen molar-refractivity contribution in [2.24, 2.45) is 0 Å². The number of alkyl halides is 3. The molecular weight excluding hydrogens is 271 g/mol. The molecule has 6 heteroatoms.